The lowest BCUT2D eigenvalue weighted by molar-refractivity contribution is 0.374. The molecule has 1 saturated heterocycles. The van der Waals surface area contributed by atoms with Crippen LogP contribution in [0.1, 0.15) is 24.0 Å². The molecule has 1 heterocycles. The molecular weight excluding hydrogens is 234 g/mol. The Morgan fingerprint density at radius 3 is 2.94 bits per heavy atom. The maximum atomic E-state index is 6.37. The van der Waals surface area contributed by atoms with E-state index < -0.39 is 0 Å². The first-order valence-corrected chi connectivity index (χ1v) is 6.62. The lowest BCUT2D eigenvalue weighted by Gasteiger charge is -2.23. The second-order valence-corrected chi connectivity index (χ2v) is 5.21. The Hall–Kier alpha value is -0.730. The van der Waals surface area contributed by atoms with Crippen molar-refractivity contribution in [3.8, 4) is 5.75 Å². The quantitative estimate of drug-likeness (QED) is 0.893. The van der Waals surface area contributed by atoms with Gasteiger partial charge in [-0.15, -0.1) is 0 Å². The average Bonchev–Trinajstić information content (AvgIpc) is 2.36. The van der Waals surface area contributed by atoms with Crippen molar-refractivity contribution in [1.82, 2.24) is 5.32 Å². The van der Waals surface area contributed by atoms with E-state index >= 15 is 0 Å². The van der Waals surface area contributed by atoms with Gasteiger partial charge in [0.1, 0.15) is 5.75 Å². The Morgan fingerprint density at radius 2 is 2.29 bits per heavy atom. The number of nitrogens with one attached hydrogen (secondary N) is 1. The van der Waals surface area contributed by atoms with Gasteiger partial charge in [0.2, 0.25) is 0 Å². The van der Waals surface area contributed by atoms with Gasteiger partial charge in [-0.2, -0.15) is 0 Å². The molecule has 0 saturated carbocycles. The Balaban J connectivity index is 2.15. The molecule has 2 nitrogen and oxygen atoms in total. The van der Waals surface area contributed by atoms with Gasteiger partial charge in [0, 0.05) is 5.02 Å². The van der Waals surface area contributed by atoms with E-state index in [1.807, 2.05) is 13.0 Å². The molecule has 94 valence electrons. The van der Waals surface area contributed by atoms with Gasteiger partial charge in [-0.05, 0) is 68.5 Å². The van der Waals surface area contributed by atoms with Crippen LogP contribution in [0.5, 0.6) is 5.75 Å². The summed E-state index contributed by atoms with van der Waals surface area (Å²) in [4.78, 5) is 0. The van der Waals surface area contributed by atoms with Gasteiger partial charge in [-0.25, -0.2) is 0 Å². The molecule has 1 aromatic carbocycles. The van der Waals surface area contributed by atoms with E-state index in [1.165, 1.54) is 18.4 Å². The van der Waals surface area contributed by atoms with E-state index in [2.05, 4.69) is 11.4 Å². The maximum Gasteiger partial charge on any atom is 0.119 e. The fourth-order valence-electron chi connectivity index (χ4n) is 2.48. The molecule has 17 heavy (non-hydrogen) atoms. The van der Waals surface area contributed by atoms with Gasteiger partial charge < -0.3 is 10.1 Å². The molecule has 0 aliphatic carbocycles. The number of halogens is 1. The minimum absolute atomic E-state index is 0.702. The van der Waals surface area contributed by atoms with E-state index in [0.717, 1.165) is 35.8 Å². The molecule has 1 aliphatic rings. The Bertz CT molecular complexity index is 386. The Kier molecular flexibility index (Phi) is 4.30. The number of benzene rings is 1. The van der Waals surface area contributed by atoms with Crippen molar-refractivity contribution < 1.29 is 4.74 Å². The van der Waals surface area contributed by atoms with Crippen LogP contribution in [-0.2, 0) is 6.42 Å². The number of piperidine rings is 1. The summed E-state index contributed by atoms with van der Waals surface area (Å²) in [6.07, 6.45) is 3.61. The molecule has 0 bridgehead atoms. The van der Waals surface area contributed by atoms with Crippen LogP contribution in [0.15, 0.2) is 12.1 Å². The molecule has 0 radical (unpaired) electrons. The molecular formula is C14H20ClNO. The SMILES string of the molecule is COc1cc(C)c(Cl)c(CC2CCCNC2)c1. The van der Waals surface area contributed by atoms with E-state index in [9.17, 15) is 0 Å². The van der Waals surface area contributed by atoms with Crippen molar-refractivity contribution in [3.05, 3.63) is 28.3 Å². The van der Waals surface area contributed by atoms with Gasteiger partial charge in [-0.1, -0.05) is 11.6 Å². The fourth-order valence-corrected chi connectivity index (χ4v) is 2.67. The Labute approximate surface area is 108 Å². The Morgan fingerprint density at radius 1 is 1.47 bits per heavy atom. The highest BCUT2D eigenvalue weighted by Gasteiger charge is 2.16. The summed E-state index contributed by atoms with van der Waals surface area (Å²) < 4.78 is 5.31. The predicted octanol–water partition coefficient (Wildman–Crippen LogP) is 3.20. The average molecular weight is 254 g/mol. The van der Waals surface area contributed by atoms with Crippen LogP contribution < -0.4 is 10.1 Å². The molecule has 1 aromatic rings. The number of ether oxygens (including phenoxy) is 1. The third-order valence-electron chi connectivity index (χ3n) is 3.45. The summed E-state index contributed by atoms with van der Waals surface area (Å²) in [5.74, 6) is 1.61. The lowest BCUT2D eigenvalue weighted by atomic mass is 9.91. The summed E-state index contributed by atoms with van der Waals surface area (Å²) in [5.41, 5.74) is 2.32. The summed E-state index contributed by atoms with van der Waals surface area (Å²) >= 11 is 6.37. The highest BCUT2D eigenvalue weighted by atomic mass is 35.5. The molecule has 0 aromatic heterocycles. The zero-order valence-electron chi connectivity index (χ0n) is 10.6. The molecule has 1 N–H and O–H groups in total. The van der Waals surface area contributed by atoms with Gasteiger partial charge in [-0.3, -0.25) is 0 Å². The van der Waals surface area contributed by atoms with Crippen molar-refractivity contribution in [2.24, 2.45) is 5.92 Å². The molecule has 3 heteroatoms. The van der Waals surface area contributed by atoms with Crippen LogP contribution >= 0.6 is 11.6 Å². The summed E-state index contributed by atoms with van der Waals surface area (Å²) in [7, 11) is 1.70. The van der Waals surface area contributed by atoms with E-state index in [-0.39, 0.29) is 0 Å². The van der Waals surface area contributed by atoms with Crippen LogP contribution in [-0.4, -0.2) is 20.2 Å². The van der Waals surface area contributed by atoms with Gasteiger partial charge >= 0.3 is 0 Å². The molecule has 2 rings (SSSR count). The highest BCUT2D eigenvalue weighted by Crippen LogP contribution is 2.29. The van der Waals surface area contributed by atoms with Crippen molar-refractivity contribution in [3.63, 3.8) is 0 Å². The predicted molar refractivity (Wildman–Crippen MR) is 72.0 cm³/mol. The molecule has 0 spiro atoms. The topological polar surface area (TPSA) is 21.3 Å². The highest BCUT2D eigenvalue weighted by molar-refractivity contribution is 6.32. The molecule has 0 amide bonds. The van der Waals surface area contributed by atoms with Crippen molar-refractivity contribution in [1.29, 1.82) is 0 Å². The number of aryl methyl sites for hydroxylation is 1. The zero-order chi connectivity index (χ0) is 12.3. The molecule has 1 aliphatic heterocycles. The third kappa shape index (κ3) is 3.14. The number of methoxy groups -OCH3 is 1. The van der Waals surface area contributed by atoms with Crippen LogP contribution in [0.3, 0.4) is 0 Å². The minimum atomic E-state index is 0.702. The van der Waals surface area contributed by atoms with Crippen molar-refractivity contribution >= 4 is 11.6 Å². The van der Waals surface area contributed by atoms with Gasteiger partial charge in [0.05, 0.1) is 7.11 Å². The summed E-state index contributed by atoms with van der Waals surface area (Å²) in [5, 5.41) is 4.34. The largest absolute Gasteiger partial charge is 0.497 e. The fraction of sp³-hybridized carbons (Fsp3) is 0.571. The van der Waals surface area contributed by atoms with E-state index in [1.54, 1.807) is 7.11 Å². The second-order valence-electron chi connectivity index (χ2n) is 4.83. The smallest absolute Gasteiger partial charge is 0.119 e. The second kappa shape index (κ2) is 5.74. The van der Waals surface area contributed by atoms with Gasteiger partial charge in [0.25, 0.3) is 0 Å². The summed E-state index contributed by atoms with van der Waals surface area (Å²) in [6.45, 7) is 4.29. The summed E-state index contributed by atoms with van der Waals surface area (Å²) in [6, 6.07) is 4.06. The molecule has 1 atom stereocenters. The van der Waals surface area contributed by atoms with E-state index in [4.69, 9.17) is 16.3 Å². The monoisotopic (exact) mass is 253 g/mol. The van der Waals surface area contributed by atoms with Crippen LogP contribution in [0, 0.1) is 12.8 Å². The number of hydrogen-bond acceptors (Lipinski definition) is 2. The molecule has 1 fully saturated rings. The van der Waals surface area contributed by atoms with Crippen molar-refractivity contribution in [2.75, 3.05) is 20.2 Å². The first-order chi connectivity index (χ1) is 8.20. The zero-order valence-corrected chi connectivity index (χ0v) is 11.3. The van der Waals surface area contributed by atoms with Crippen LogP contribution in [0.4, 0.5) is 0 Å². The lowest BCUT2D eigenvalue weighted by Crippen LogP contribution is -2.30. The first-order valence-electron chi connectivity index (χ1n) is 6.24. The van der Waals surface area contributed by atoms with Gasteiger partial charge in [0.15, 0.2) is 0 Å². The van der Waals surface area contributed by atoms with Crippen LogP contribution in [0.2, 0.25) is 5.02 Å². The normalized spacial score (nSPS) is 20.3. The maximum absolute atomic E-state index is 6.37. The standard InChI is InChI=1S/C14H20ClNO/c1-10-6-13(17-2)8-12(14(10)15)7-11-4-3-5-16-9-11/h6,8,11,16H,3-5,7,9H2,1-2H3. The van der Waals surface area contributed by atoms with Crippen LogP contribution in [0.25, 0.3) is 0 Å². The third-order valence-corrected chi connectivity index (χ3v) is 3.99. The number of hydrogen-bond donors (Lipinski definition) is 1. The molecule has 1 unspecified atom stereocenters. The first kappa shape index (κ1) is 12.7. The number of rotatable bonds is 3. The minimum Gasteiger partial charge on any atom is -0.497 e. The van der Waals surface area contributed by atoms with Crippen molar-refractivity contribution in [2.45, 2.75) is 26.2 Å². The van der Waals surface area contributed by atoms with E-state index in [0.29, 0.717) is 5.92 Å².